The van der Waals surface area contributed by atoms with Crippen molar-refractivity contribution in [3.8, 4) is 0 Å². The van der Waals surface area contributed by atoms with E-state index in [1.165, 1.54) is 6.08 Å². The first-order valence-electron chi connectivity index (χ1n) is 6.50. The standard InChI is InChI=1S/C15H29NO2/c1-9-12(17)16-14(5,6)10-11-18-15(7,8)13(2,3)4/h9H,1,10-11H2,2-8H3,(H,16,17). The van der Waals surface area contributed by atoms with Crippen molar-refractivity contribution in [2.75, 3.05) is 6.61 Å². The van der Waals surface area contributed by atoms with Crippen molar-refractivity contribution in [3.63, 3.8) is 0 Å². The first kappa shape index (κ1) is 17.2. The second-order valence-electron chi connectivity index (χ2n) is 6.94. The summed E-state index contributed by atoms with van der Waals surface area (Å²) < 4.78 is 5.97. The predicted octanol–water partition coefficient (Wildman–Crippen LogP) is 3.30. The fourth-order valence-corrected chi connectivity index (χ4v) is 1.22. The van der Waals surface area contributed by atoms with Crippen LogP contribution in [0, 0.1) is 5.41 Å². The molecule has 3 nitrogen and oxygen atoms in total. The predicted molar refractivity (Wildman–Crippen MR) is 76.5 cm³/mol. The van der Waals surface area contributed by atoms with Gasteiger partial charge in [0.2, 0.25) is 5.91 Å². The summed E-state index contributed by atoms with van der Waals surface area (Å²) in [6.07, 6.45) is 2.06. The van der Waals surface area contributed by atoms with Gasteiger partial charge in [-0.3, -0.25) is 4.79 Å². The quantitative estimate of drug-likeness (QED) is 0.740. The summed E-state index contributed by atoms with van der Waals surface area (Å²) in [5.41, 5.74) is -0.383. The van der Waals surface area contributed by atoms with Gasteiger partial charge in [0.05, 0.1) is 5.60 Å². The van der Waals surface area contributed by atoms with Gasteiger partial charge in [-0.25, -0.2) is 0 Å². The van der Waals surface area contributed by atoms with E-state index in [9.17, 15) is 4.79 Å². The van der Waals surface area contributed by atoms with Gasteiger partial charge in [-0.1, -0.05) is 27.4 Å². The maximum absolute atomic E-state index is 11.3. The van der Waals surface area contributed by atoms with Crippen LogP contribution >= 0.6 is 0 Å². The Hall–Kier alpha value is -0.830. The largest absolute Gasteiger partial charge is 0.375 e. The van der Waals surface area contributed by atoms with Crippen LogP contribution in [0.5, 0.6) is 0 Å². The second kappa shape index (κ2) is 5.87. The van der Waals surface area contributed by atoms with Crippen molar-refractivity contribution in [2.45, 2.75) is 66.0 Å². The Morgan fingerprint density at radius 3 is 2.06 bits per heavy atom. The van der Waals surface area contributed by atoms with Crippen LogP contribution in [0.15, 0.2) is 12.7 Å². The minimum absolute atomic E-state index is 0.0848. The molecule has 1 amide bonds. The zero-order valence-electron chi connectivity index (χ0n) is 13.0. The maximum atomic E-state index is 11.3. The molecular formula is C15H29NO2. The zero-order valence-corrected chi connectivity index (χ0v) is 13.0. The minimum Gasteiger partial charge on any atom is -0.375 e. The van der Waals surface area contributed by atoms with E-state index in [4.69, 9.17) is 4.74 Å². The number of hydrogen-bond donors (Lipinski definition) is 1. The van der Waals surface area contributed by atoms with Gasteiger partial charge in [-0.05, 0) is 45.6 Å². The molecule has 0 aliphatic carbocycles. The van der Waals surface area contributed by atoms with Crippen LogP contribution in [-0.4, -0.2) is 23.7 Å². The summed E-state index contributed by atoms with van der Waals surface area (Å²) in [4.78, 5) is 11.3. The summed E-state index contributed by atoms with van der Waals surface area (Å²) in [5.74, 6) is -0.143. The molecule has 0 fully saturated rings. The van der Waals surface area contributed by atoms with E-state index < -0.39 is 0 Å². The summed E-state index contributed by atoms with van der Waals surface area (Å²) in [5, 5.41) is 2.89. The molecule has 0 saturated carbocycles. The lowest BCUT2D eigenvalue weighted by Crippen LogP contribution is -2.45. The highest BCUT2D eigenvalue weighted by Gasteiger charge is 2.34. The number of amides is 1. The lowest BCUT2D eigenvalue weighted by molar-refractivity contribution is -0.119. The molecule has 0 aliphatic heterocycles. The van der Waals surface area contributed by atoms with E-state index in [1.807, 2.05) is 13.8 Å². The van der Waals surface area contributed by atoms with E-state index >= 15 is 0 Å². The molecule has 0 aromatic carbocycles. The van der Waals surface area contributed by atoms with Crippen molar-refractivity contribution in [3.05, 3.63) is 12.7 Å². The maximum Gasteiger partial charge on any atom is 0.243 e. The molecule has 0 rings (SSSR count). The normalized spacial score (nSPS) is 13.3. The zero-order chi connectivity index (χ0) is 14.6. The molecule has 3 heteroatoms. The van der Waals surface area contributed by atoms with Crippen LogP contribution in [0.1, 0.15) is 54.9 Å². The minimum atomic E-state index is -0.279. The molecule has 0 aliphatic rings. The van der Waals surface area contributed by atoms with E-state index in [0.717, 1.165) is 6.42 Å². The number of ether oxygens (including phenoxy) is 1. The van der Waals surface area contributed by atoms with Gasteiger partial charge in [0.1, 0.15) is 0 Å². The third-order valence-corrected chi connectivity index (χ3v) is 3.64. The van der Waals surface area contributed by atoms with E-state index in [-0.39, 0.29) is 22.5 Å². The molecule has 18 heavy (non-hydrogen) atoms. The molecule has 106 valence electrons. The molecule has 0 unspecified atom stereocenters. The molecule has 0 radical (unpaired) electrons. The van der Waals surface area contributed by atoms with E-state index in [1.54, 1.807) is 0 Å². The fourth-order valence-electron chi connectivity index (χ4n) is 1.22. The molecule has 0 atom stereocenters. The molecular weight excluding hydrogens is 226 g/mol. The third-order valence-electron chi connectivity index (χ3n) is 3.64. The van der Waals surface area contributed by atoms with Crippen LogP contribution in [0.25, 0.3) is 0 Å². The topological polar surface area (TPSA) is 38.3 Å². The van der Waals surface area contributed by atoms with Gasteiger partial charge < -0.3 is 10.1 Å². The Bertz CT molecular complexity index is 298. The van der Waals surface area contributed by atoms with Crippen LogP contribution < -0.4 is 5.32 Å². The Labute approximate surface area is 112 Å². The first-order valence-corrected chi connectivity index (χ1v) is 6.50. The Morgan fingerprint density at radius 2 is 1.67 bits per heavy atom. The molecule has 0 heterocycles. The molecule has 0 aromatic rings. The lowest BCUT2D eigenvalue weighted by atomic mass is 9.79. The number of carbonyl (C=O) groups is 1. The summed E-state index contributed by atoms with van der Waals surface area (Å²) >= 11 is 0. The van der Waals surface area contributed by atoms with Crippen molar-refractivity contribution in [2.24, 2.45) is 5.41 Å². The fraction of sp³-hybridized carbons (Fsp3) is 0.800. The van der Waals surface area contributed by atoms with E-state index in [0.29, 0.717) is 6.61 Å². The average molecular weight is 255 g/mol. The Morgan fingerprint density at radius 1 is 1.17 bits per heavy atom. The number of nitrogens with one attached hydrogen (secondary N) is 1. The van der Waals surface area contributed by atoms with Crippen molar-refractivity contribution >= 4 is 5.91 Å². The Kier molecular flexibility index (Phi) is 5.60. The SMILES string of the molecule is C=CC(=O)NC(C)(C)CCOC(C)(C)C(C)(C)C. The summed E-state index contributed by atoms with van der Waals surface area (Å²) in [6, 6.07) is 0. The highest BCUT2D eigenvalue weighted by atomic mass is 16.5. The number of carbonyl (C=O) groups excluding carboxylic acids is 1. The third kappa shape index (κ3) is 5.67. The van der Waals surface area contributed by atoms with Crippen LogP contribution in [0.4, 0.5) is 0 Å². The van der Waals surface area contributed by atoms with Crippen LogP contribution in [0.2, 0.25) is 0 Å². The molecule has 0 aromatic heterocycles. The van der Waals surface area contributed by atoms with Crippen LogP contribution in [0.3, 0.4) is 0 Å². The average Bonchev–Trinajstić information content (AvgIpc) is 2.14. The second-order valence-corrected chi connectivity index (χ2v) is 6.94. The van der Waals surface area contributed by atoms with Crippen molar-refractivity contribution in [1.29, 1.82) is 0 Å². The first-order chi connectivity index (χ1) is 7.91. The van der Waals surface area contributed by atoms with Crippen LogP contribution in [-0.2, 0) is 9.53 Å². The van der Waals surface area contributed by atoms with Gasteiger partial charge >= 0.3 is 0 Å². The lowest BCUT2D eigenvalue weighted by Gasteiger charge is -2.39. The monoisotopic (exact) mass is 255 g/mol. The molecule has 0 saturated heterocycles. The highest BCUT2D eigenvalue weighted by molar-refractivity contribution is 5.87. The molecule has 0 bridgehead atoms. The van der Waals surface area contributed by atoms with Gasteiger partial charge in [0, 0.05) is 12.1 Å². The van der Waals surface area contributed by atoms with Gasteiger partial charge in [0.25, 0.3) is 0 Å². The van der Waals surface area contributed by atoms with Gasteiger partial charge in [0.15, 0.2) is 0 Å². The van der Waals surface area contributed by atoms with Crippen molar-refractivity contribution < 1.29 is 9.53 Å². The molecule has 0 spiro atoms. The van der Waals surface area contributed by atoms with Gasteiger partial charge in [-0.15, -0.1) is 0 Å². The van der Waals surface area contributed by atoms with Crippen molar-refractivity contribution in [1.82, 2.24) is 5.32 Å². The summed E-state index contributed by atoms with van der Waals surface area (Å²) in [7, 11) is 0. The molecule has 1 N–H and O–H groups in total. The Balaban J connectivity index is 4.26. The van der Waals surface area contributed by atoms with E-state index in [2.05, 4.69) is 46.5 Å². The van der Waals surface area contributed by atoms with Gasteiger partial charge in [-0.2, -0.15) is 0 Å². The highest BCUT2D eigenvalue weighted by Crippen LogP contribution is 2.33. The number of rotatable bonds is 6. The smallest absolute Gasteiger partial charge is 0.243 e. The summed E-state index contributed by atoms with van der Waals surface area (Å²) in [6.45, 7) is 18.7. The number of hydrogen-bond acceptors (Lipinski definition) is 2.